The summed E-state index contributed by atoms with van der Waals surface area (Å²) in [6.07, 6.45) is 6.59. The van der Waals surface area contributed by atoms with E-state index >= 15 is 0 Å². The quantitative estimate of drug-likeness (QED) is 0.816. The third kappa shape index (κ3) is 3.69. The van der Waals surface area contributed by atoms with Crippen molar-refractivity contribution in [2.75, 3.05) is 45.8 Å². The number of rotatable bonds is 2. The summed E-state index contributed by atoms with van der Waals surface area (Å²) in [6, 6.07) is 0. The standard InChI is InChI=1S/C16H29N3O2/c20-15(21)19-10-5-16(6-11-19)4-1-9-18(13-16)12-14-2-7-17-8-3-14/h14,17H,1-13H2,(H,20,21). The average molecular weight is 295 g/mol. The van der Waals surface area contributed by atoms with Crippen LogP contribution in [0.4, 0.5) is 4.79 Å². The Kier molecular flexibility index (Phi) is 4.69. The van der Waals surface area contributed by atoms with Gasteiger partial charge in [-0.1, -0.05) is 0 Å². The fraction of sp³-hybridized carbons (Fsp3) is 0.938. The molecule has 0 radical (unpaired) electrons. The molecule has 5 heteroatoms. The minimum Gasteiger partial charge on any atom is -0.465 e. The Morgan fingerprint density at radius 2 is 1.86 bits per heavy atom. The Bertz CT molecular complexity index is 361. The lowest BCUT2D eigenvalue weighted by Gasteiger charge is -2.48. The zero-order valence-electron chi connectivity index (χ0n) is 13.0. The first-order valence-corrected chi connectivity index (χ1v) is 8.58. The smallest absolute Gasteiger partial charge is 0.407 e. The summed E-state index contributed by atoms with van der Waals surface area (Å²) in [6.45, 7) is 7.52. The number of hydrogen-bond donors (Lipinski definition) is 2. The second-order valence-electron chi connectivity index (χ2n) is 7.30. The molecule has 3 heterocycles. The monoisotopic (exact) mass is 295 g/mol. The van der Waals surface area contributed by atoms with Gasteiger partial charge in [0.15, 0.2) is 0 Å². The van der Waals surface area contributed by atoms with Crippen LogP contribution in [-0.2, 0) is 0 Å². The van der Waals surface area contributed by atoms with Gasteiger partial charge in [-0.2, -0.15) is 0 Å². The molecule has 2 N–H and O–H groups in total. The molecule has 0 aromatic rings. The van der Waals surface area contributed by atoms with E-state index in [2.05, 4.69) is 10.2 Å². The molecule has 0 atom stereocenters. The minimum atomic E-state index is -0.743. The number of piperidine rings is 3. The molecular weight excluding hydrogens is 266 g/mol. The largest absolute Gasteiger partial charge is 0.465 e. The van der Waals surface area contributed by atoms with Gasteiger partial charge in [0.05, 0.1) is 0 Å². The molecule has 5 nitrogen and oxygen atoms in total. The van der Waals surface area contributed by atoms with Crippen LogP contribution in [0.2, 0.25) is 0 Å². The summed E-state index contributed by atoms with van der Waals surface area (Å²) >= 11 is 0. The van der Waals surface area contributed by atoms with Crippen molar-refractivity contribution >= 4 is 6.09 Å². The van der Waals surface area contributed by atoms with Crippen molar-refractivity contribution in [1.29, 1.82) is 0 Å². The maximum Gasteiger partial charge on any atom is 0.407 e. The Hall–Kier alpha value is -0.810. The van der Waals surface area contributed by atoms with E-state index in [-0.39, 0.29) is 0 Å². The lowest BCUT2D eigenvalue weighted by Crippen LogP contribution is -2.51. The summed E-state index contributed by atoms with van der Waals surface area (Å²) in [5.74, 6) is 0.862. The SMILES string of the molecule is O=C(O)N1CCC2(CCCN(CC3CCNCC3)C2)CC1. The highest BCUT2D eigenvalue weighted by Crippen LogP contribution is 2.40. The Balaban J connectivity index is 1.52. The third-order valence-corrected chi connectivity index (χ3v) is 5.81. The zero-order chi connectivity index (χ0) is 14.7. The van der Waals surface area contributed by atoms with E-state index in [1.807, 2.05) is 0 Å². The van der Waals surface area contributed by atoms with Crippen molar-refractivity contribution < 1.29 is 9.90 Å². The summed E-state index contributed by atoms with van der Waals surface area (Å²) < 4.78 is 0. The summed E-state index contributed by atoms with van der Waals surface area (Å²) in [5.41, 5.74) is 0.400. The molecule has 0 aromatic carbocycles. The van der Waals surface area contributed by atoms with Crippen LogP contribution >= 0.6 is 0 Å². The second-order valence-corrected chi connectivity index (χ2v) is 7.30. The van der Waals surface area contributed by atoms with E-state index in [9.17, 15) is 4.79 Å². The number of nitrogens with one attached hydrogen (secondary N) is 1. The summed E-state index contributed by atoms with van der Waals surface area (Å²) in [4.78, 5) is 15.3. The van der Waals surface area contributed by atoms with Crippen LogP contribution in [0.3, 0.4) is 0 Å². The maximum atomic E-state index is 11.1. The molecule has 1 spiro atoms. The fourth-order valence-electron chi connectivity index (χ4n) is 4.48. The highest BCUT2D eigenvalue weighted by Gasteiger charge is 2.39. The van der Waals surface area contributed by atoms with Gasteiger partial charge in [0.1, 0.15) is 0 Å². The van der Waals surface area contributed by atoms with E-state index in [0.717, 1.165) is 31.8 Å². The van der Waals surface area contributed by atoms with Gasteiger partial charge >= 0.3 is 6.09 Å². The first-order valence-electron chi connectivity index (χ1n) is 8.58. The first-order chi connectivity index (χ1) is 10.2. The molecule has 0 bridgehead atoms. The molecule has 3 fully saturated rings. The van der Waals surface area contributed by atoms with E-state index in [1.165, 1.54) is 58.4 Å². The van der Waals surface area contributed by atoms with Gasteiger partial charge in [0.2, 0.25) is 0 Å². The Labute approximate surface area is 127 Å². The molecular formula is C16H29N3O2. The molecule has 3 aliphatic heterocycles. The van der Waals surface area contributed by atoms with Crippen LogP contribution in [0.15, 0.2) is 0 Å². The van der Waals surface area contributed by atoms with Crippen LogP contribution in [0.5, 0.6) is 0 Å². The van der Waals surface area contributed by atoms with Crippen LogP contribution in [-0.4, -0.2) is 66.8 Å². The van der Waals surface area contributed by atoms with E-state index in [1.54, 1.807) is 4.90 Å². The number of hydrogen-bond acceptors (Lipinski definition) is 3. The van der Waals surface area contributed by atoms with Gasteiger partial charge in [-0.05, 0) is 69.5 Å². The molecule has 3 saturated heterocycles. The molecule has 0 unspecified atom stereocenters. The molecule has 0 saturated carbocycles. The highest BCUT2D eigenvalue weighted by atomic mass is 16.4. The van der Waals surface area contributed by atoms with Gasteiger partial charge < -0.3 is 20.2 Å². The summed E-state index contributed by atoms with van der Waals surface area (Å²) in [5, 5.41) is 12.5. The predicted octanol–water partition coefficient (Wildman–Crippen LogP) is 1.84. The average Bonchev–Trinajstić information content (AvgIpc) is 2.49. The lowest BCUT2D eigenvalue weighted by molar-refractivity contribution is 0.0187. The van der Waals surface area contributed by atoms with Gasteiger partial charge in [-0.25, -0.2) is 4.79 Å². The van der Waals surface area contributed by atoms with E-state index in [0.29, 0.717) is 5.41 Å². The number of nitrogens with zero attached hydrogens (tertiary/aromatic N) is 2. The fourth-order valence-corrected chi connectivity index (χ4v) is 4.48. The molecule has 120 valence electrons. The van der Waals surface area contributed by atoms with E-state index < -0.39 is 6.09 Å². The van der Waals surface area contributed by atoms with Gasteiger partial charge in [-0.3, -0.25) is 0 Å². The number of amides is 1. The molecule has 3 aliphatic rings. The minimum absolute atomic E-state index is 0.400. The molecule has 1 amide bonds. The van der Waals surface area contributed by atoms with Crippen LogP contribution in [0, 0.1) is 11.3 Å². The number of likely N-dealkylation sites (tertiary alicyclic amines) is 2. The van der Waals surface area contributed by atoms with Gasteiger partial charge in [0.25, 0.3) is 0 Å². The van der Waals surface area contributed by atoms with Crippen molar-refractivity contribution in [1.82, 2.24) is 15.1 Å². The van der Waals surface area contributed by atoms with Crippen molar-refractivity contribution in [2.45, 2.75) is 38.5 Å². The molecule has 21 heavy (non-hydrogen) atoms. The topological polar surface area (TPSA) is 55.8 Å². The van der Waals surface area contributed by atoms with Crippen molar-refractivity contribution in [2.24, 2.45) is 11.3 Å². The first kappa shape index (κ1) is 15.1. The van der Waals surface area contributed by atoms with Gasteiger partial charge in [0, 0.05) is 26.2 Å². The highest BCUT2D eigenvalue weighted by molar-refractivity contribution is 5.65. The second kappa shape index (κ2) is 6.53. The van der Waals surface area contributed by atoms with Crippen LogP contribution in [0.25, 0.3) is 0 Å². The number of carbonyl (C=O) groups is 1. The molecule has 0 aromatic heterocycles. The van der Waals surface area contributed by atoms with Crippen LogP contribution in [0.1, 0.15) is 38.5 Å². The van der Waals surface area contributed by atoms with Crippen molar-refractivity contribution in [3.05, 3.63) is 0 Å². The Morgan fingerprint density at radius 1 is 1.14 bits per heavy atom. The molecule has 3 rings (SSSR count). The normalized spacial score (nSPS) is 27.9. The summed E-state index contributed by atoms with van der Waals surface area (Å²) in [7, 11) is 0. The van der Waals surface area contributed by atoms with Crippen molar-refractivity contribution in [3.63, 3.8) is 0 Å². The predicted molar refractivity (Wildman–Crippen MR) is 82.5 cm³/mol. The van der Waals surface area contributed by atoms with E-state index in [4.69, 9.17) is 5.11 Å². The third-order valence-electron chi connectivity index (χ3n) is 5.81. The Morgan fingerprint density at radius 3 is 2.52 bits per heavy atom. The van der Waals surface area contributed by atoms with Crippen molar-refractivity contribution in [3.8, 4) is 0 Å². The molecule has 0 aliphatic carbocycles. The van der Waals surface area contributed by atoms with Crippen LogP contribution < -0.4 is 5.32 Å². The maximum absolute atomic E-state index is 11.1. The van der Waals surface area contributed by atoms with Gasteiger partial charge in [-0.15, -0.1) is 0 Å². The zero-order valence-corrected chi connectivity index (χ0v) is 13.0. The number of carboxylic acid groups (broad SMARTS) is 1. The lowest BCUT2D eigenvalue weighted by atomic mass is 9.72.